The summed E-state index contributed by atoms with van der Waals surface area (Å²) in [5, 5.41) is 14.1. The van der Waals surface area contributed by atoms with Crippen LogP contribution >= 0.6 is 11.3 Å². The van der Waals surface area contributed by atoms with Gasteiger partial charge in [0, 0.05) is 12.6 Å². The molecule has 2 aromatic rings. The van der Waals surface area contributed by atoms with Gasteiger partial charge >= 0.3 is 0 Å². The fourth-order valence-corrected chi connectivity index (χ4v) is 4.59. The highest BCUT2D eigenvalue weighted by Crippen LogP contribution is 2.44. The number of hydrogen-bond acceptors (Lipinski definition) is 7. The van der Waals surface area contributed by atoms with Crippen molar-refractivity contribution in [3.05, 3.63) is 22.7 Å². The molecule has 1 unspecified atom stereocenters. The van der Waals surface area contributed by atoms with Gasteiger partial charge in [0.2, 0.25) is 5.75 Å². The number of carbonyl (C=O) groups is 1. The Bertz CT molecular complexity index is 852. The number of likely N-dealkylation sites (tertiary alicyclic amines) is 1. The average molecular weight is 406 g/mol. The number of thiazole rings is 1. The van der Waals surface area contributed by atoms with E-state index in [0.29, 0.717) is 39.5 Å². The standard InChI is InChI=1S/C20H27N3O4S/c1-12-18(19(25)21-10-9-13-6-5-11-23(13)2)28-20(22-12)14-7-8-15(26-3)17(27-4)16(14)24/h7-8,13,24H,5-6,9-11H2,1-4H3,(H,21,25). The van der Waals surface area contributed by atoms with E-state index in [4.69, 9.17) is 9.47 Å². The lowest BCUT2D eigenvalue weighted by atomic mass is 10.1. The van der Waals surface area contributed by atoms with Crippen molar-refractivity contribution in [3.63, 3.8) is 0 Å². The van der Waals surface area contributed by atoms with Crippen molar-refractivity contribution < 1.29 is 19.4 Å². The Morgan fingerprint density at radius 2 is 2.18 bits per heavy atom. The van der Waals surface area contributed by atoms with Crippen LogP contribution in [-0.4, -0.2) is 61.3 Å². The van der Waals surface area contributed by atoms with Crippen LogP contribution in [0.1, 0.15) is 34.6 Å². The molecule has 1 aromatic carbocycles. The molecular weight excluding hydrogens is 378 g/mol. The van der Waals surface area contributed by atoms with Gasteiger partial charge in [0.25, 0.3) is 5.91 Å². The number of aromatic nitrogens is 1. The highest BCUT2D eigenvalue weighted by atomic mass is 32.1. The Morgan fingerprint density at radius 1 is 1.39 bits per heavy atom. The number of phenols is 1. The van der Waals surface area contributed by atoms with Gasteiger partial charge in [-0.25, -0.2) is 4.98 Å². The molecule has 3 rings (SSSR count). The lowest BCUT2D eigenvalue weighted by Crippen LogP contribution is -2.31. The quantitative estimate of drug-likeness (QED) is 0.737. The summed E-state index contributed by atoms with van der Waals surface area (Å²) < 4.78 is 10.4. The van der Waals surface area contributed by atoms with Crippen molar-refractivity contribution in [1.29, 1.82) is 0 Å². The van der Waals surface area contributed by atoms with Gasteiger partial charge in [0.15, 0.2) is 11.5 Å². The molecule has 0 spiro atoms. The van der Waals surface area contributed by atoms with Crippen molar-refractivity contribution >= 4 is 17.2 Å². The molecule has 1 fully saturated rings. The SMILES string of the molecule is COc1ccc(-c2nc(C)c(C(=O)NCCC3CCCN3C)s2)c(O)c1OC. The summed E-state index contributed by atoms with van der Waals surface area (Å²) in [7, 11) is 5.11. The van der Waals surface area contributed by atoms with Crippen LogP contribution in [0.15, 0.2) is 12.1 Å². The lowest BCUT2D eigenvalue weighted by Gasteiger charge is -2.19. The van der Waals surface area contributed by atoms with Crippen molar-refractivity contribution in [2.24, 2.45) is 0 Å². The average Bonchev–Trinajstić information content (AvgIpc) is 3.26. The minimum atomic E-state index is -0.123. The van der Waals surface area contributed by atoms with Gasteiger partial charge in [-0.05, 0) is 51.9 Å². The molecule has 1 aliphatic rings. The highest BCUT2D eigenvalue weighted by molar-refractivity contribution is 7.17. The zero-order valence-corrected chi connectivity index (χ0v) is 17.6. The molecule has 0 radical (unpaired) electrons. The predicted molar refractivity (Wildman–Crippen MR) is 110 cm³/mol. The van der Waals surface area contributed by atoms with Crippen LogP contribution in [0.2, 0.25) is 0 Å². The number of phenolic OH excluding ortho intramolecular Hbond substituents is 1. The second-order valence-electron chi connectivity index (χ2n) is 6.95. The van der Waals surface area contributed by atoms with E-state index in [1.165, 1.54) is 38.4 Å². The molecule has 1 aromatic heterocycles. The third kappa shape index (κ3) is 4.07. The Balaban J connectivity index is 1.73. The van der Waals surface area contributed by atoms with E-state index in [1.807, 2.05) is 0 Å². The molecule has 0 bridgehead atoms. The molecule has 8 heteroatoms. The highest BCUT2D eigenvalue weighted by Gasteiger charge is 2.23. The summed E-state index contributed by atoms with van der Waals surface area (Å²) in [5.41, 5.74) is 1.15. The number of methoxy groups -OCH3 is 2. The number of aryl methyl sites for hydroxylation is 1. The minimum absolute atomic E-state index is 0.0492. The third-order valence-electron chi connectivity index (χ3n) is 5.19. The van der Waals surface area contributed by atoms with Crippen molar-refractivity contribution in [2.45, 2.75) is 32.2 Å². The van der Waals surface area contributed by atoms with Crippen LogP contribution < -0.4 is 14.8 Å². The van der Waals surface area contributed by atoms with E-state index in [2.05, 4.69) is 22.2 Å². The summed E-state index contributed by atoms with van der Waals surface area (Å²) in [5.74, 6) is 0.514. The Morgan fingerprint density at radius 3 is 2.82 bits per heavy atom. The fourth-order valence-electron chi connectivity index (χ4n) is 3.58. The van der Waals surface area contributed by atoms with Crippen LogP contribution in [0.3, 0.4) is 0 Å². The summed E-state index contributed by atoms with van der Waals surface area (Å²) in [6.07, 6.45) is 3.36. The Kier molecular flexibility index (Phi) is 6.41. The number of benzene rings is 1. The molecule has 1 atom stereocenters. The summed E-state index contributed by atoms with van der Waals surface area (Å²) >= 11 is 1.26. The van der Waals surface area contributed by atoms with Crippen molar-refractivity contribution in [1.82, 2.24) is 15.2 Å². The van der Waals surface area contributed by atoms with E-state index in [0.717, 1.165) is 13.0 Å². The molecule has 7 nitrogen and oxygen atoms in total. The van der Waals surface area contributed by atoms with Crippen molar-refractivity contribution in [2.75, 3.05) is 34.4 Å². The van der Waals surface area contributed by atoms with Crippen LogP contribution in [0, 0.1) is 6.92 Å². The van der Waals surface area contributed by atoms with Gasteiger partial charge in [0.05, 0.1) is 25.5 Å². The number of nitrogens with one attached hydrogen (secondary N) is 1. The molecule has 0 aliphatic carbocycles. The molecule has 2 heterocycles. The van der Waals surface area contributed by atoms with Gasteiger partial charge in [-0.15, -0.1) is 11.3 Å². The molecule has 1 saturated heterocycles. The van der Waals surface area contributed by atoms with Crippen LogP contribution in [0.5, 0.6) is 17.2 Å². The first-order valence-corrected chi connectivity index (χ1v) is 10.2. The van der Waals surface area contributed by atoms with Crippen molar-refractivity contribution in [3.8, 4) is 27.8 Å². The second kappa shape index (κ2) is 8.79. The fraction of sp³-hybridized carbons (Fsp3) is 0.500. The third-order valence-corrected chi connectivity index (χ3v) is 6.38. The van der Waals surface area contributed by atoms with Gasteiger partial charge < -0.3 is 24.8 Å². The van der Waals surface area contributed by atoms with E-state index >= 15 is 0 Å². The number of nitrogens with zero attached hydrogens (tertiary/aromatic N) is 2. The van der Waals surface area contributed by atoms with E-state index in [9.17, 15) is 9.90 Å². The topological polar surface area (TPSA) is 83.9 Å². The Hall–Kier alpha value is -2.32. The lowest BCUT2D eigenvalue weighted by molar-refractivity contribution is 0.0953. The molecule has 2 N–H and O–H groups in total. The Labute approximate surface area is 169 Å². The zero-order chi connectivity index (χ0) is 20.3. The number of hydrogen-bond donors (Lipinski definition) is 2. The normalized spacial score (nSPS) is 16.9. The number of ether oxygens (including phenoxy) is 2. The zero-order valence-electron chi connectivity index (χ0n) is 16.7. The van der Waals surface area contributed by atoms with E-state index in [-0.39, 0.29) is 17.4 Å². The number of amides is 1. The summed E-state index contributed by atoms with van der Waals surface area (Å²) in [6.45, 7) is 3.57. The molecule has 1 aliphatic heterocycles. The van der Waals surface area contributed by atoms with Crippen LogP contribution in [0.4, 0.5) is 0 Å². The summed E-state index contributed by atoms with van der Waals surface area (Å²) in [6, 6.07) is 3.97. The number of carbonyl (C=O) groups excluding carboxylic acids is 1. The van der Waals surface area contributed by atoms with Crippen LogP contribution in [-0.2, 0) is 0 Å². The maximum Gasteiger partial charge on any atom is 0.263 e. The molecule has 28 heavy (non-hydrogen) atoms. The summed E-state index contributed by atoms with van der Waals surface area (Å²) in [4.78, 5) is 20.0. The predicted octanol–water partition coefficient (Wildman–Crippen LogP) is 3.06. The minimum Gasteiger partial charge on any atom is -0.504 e. The van der Waals surface area contributed by atoms with Crippen LogP contribution in [0.25, 0.3) is 10.6 Å². The van der Waals surface area contributed by atoms with E-state index in [1.54, 1.807) is 19.1 Å². The van der Waals surface area contributed by atoms with Gasteiger partial charge in [-0.3, -0.25) is 4.79 Å². The molecule has 0 saturated carbocycles. The smallest absolute Gasteiger partial charge is 0.263 e. The van der Waals surface area contributed by atoms with Gasteiger partial charge in [-0.2, -0.15) is 0 Å². The first-order chi connectivity index (χ1) is 13.5. The molecular formula is C20H27N3O4S. The monoisotopic (exact) mass is 405 g/mol. The molecule has 152 valence electrons. The second-order valence-corrected chi connectivity index (χ2v) is 7.95. The molecule has 1 amide bonds. The van der Waals surface area contributed by atoms with E-state index < -0.39 is 0 Å². The maximum atomic E-state index is 12.6. The number of aromatic hydroxyl groups is 1. The van der Waals surface area contributed by atoms with Gasteiger partial charge in [0.1, 0.15) is 9.88 Å². The largest absolute Gasteiger partial charge is 0.504 e. The first-order valence-electron chi connectivity index (χ1n) is 9.36. The number of rotatable bonds is 7. The maximum absolute atomic E-state index is 12.6. The first kappa shape index (κ1) is 20.4. The van der Waals surface area contributed by atoms with Gasteiger partial charge in [-0.1, -0.05) is 0 Å².